The zero-order valence-corrected chi connectivity index (χ0v) is 13.2. The summed E-state index contributed by atoms with van der Waals surface area (Å²) in [6.07, 6.45) is 6.75. The van der Waals surface area contributed by atoms with Crippen molar-refractivity contribution in [3.05, 3.63) is 24.4 Å². The number of aliphatic hydroxyl groups is 1. The van der Waals surface area contributed by atoms with Crippen molar-refractivity contribution < 1.29 is 9.90 Å². The van der Waals surface area contributed by atoms with Gasteiger partial charge in [-0.25, -0.2) is 4.98 Å². The van der Waals surface area contributed by atoms with Crippen LogP contribution in [0.5, 0.6) is 0 Å². The molecule has 0 radical (unpaired) electrons. The molecule has 1 aliphatic heterocycles. The molecule has 3 rings (SSSR count). The number of nitrogens with zero attached hydrogens (tertiary/aromatic N) is 3. The van der Waals surface area contributed by atoms with Gasteiger partial charge in [-0.05, 0) is 31.4 Å². The molecule has 2 aliphatic rings. The summed E-state index contributed by atoms with van der Waals surface area (Å²) in [6.45, 7) is 1.72. The average molecular weight is 303 g/mol. The number of hydrogen-bond acceptors (Lipinski definition) is 4. The number of amides is 1. The molecule has 1 N–H and O–H groups in total. The Bertz CT molecular complexity index is 516. The van der Waals surface area contributed by atoms with E-state index in [4.69, 9.17) is 0 Å². The van der Waals surface area contributed by atoms with Crippen molar-refractivity contribution in [3.8, 4) is 0 Å². The Morgan fingerprint density at radius 1 is 1.45 bits per heavy atom. The summed E-state index contributed by atoms with van der Waals surface area (Å²) in [5, 5.41) is 10.8. The fraction of sp³-hybridized carbons (Fsp3) is 0.647. The Morgan fingerprint density at radius 3 is 2.91 bits per heavy atom. The van der Waals surface area contributed by atoms with Gasteiger partial charge in [0.1, 0.15) is 11.4 Å². The molecule has 1 aromatic heterocycles. The predicted molar refractivity (Wildman–Crippen MR) is 85.6 cm³/mol. The van der Waals surface area contributed by atoms with Crippen LogP contribution in [-0.2, 0) is 4.79 Å². The third kappa shape index (κ3) is 3.24. The Labute approximate surface area is 131 Å². The Kier molecular flexibility index (Phi) is 4.34. The van der Waals surface area contributed by atoms with Crippen LogP contribution in [0.1, 0.15) is 32.1 Å². The van der Waals surface area contributed by atoms with Crippen LogP contribution >= 0.6 is 0 Å². The lowest BCUT2D eigenvalue weighted by molar-refractivity contribution is -0.136. The van der Waals surface area contributed by atoms with Crippen LogP contribution < -0.4 is 4.90 Å². The minimum absolute atomic E-state index is 0.168. The Morgan fingerprint density at radius 2 is 2.23 bits per heavy atom. The molecule has 22 heavy (non-hydrogen) atoms. The van der Waals surface area contributed by atoms with E-state index in [1.807, 2.05) is 25.2 Å². The average Bonchev–Trinajstić information content (AvgIpc) is 3.17. The summed E-state index contributed by atoms with van der Waals surface area (Å²) in [6, 6.07) is 5.80. The number of pyridine rings is 1. The molecule has 1 amide bonds. The maximum Gasteiger partial charge on any atom is 0.225 e. The molecule has 1 saturated carbocycles. The van der Waals surface area contributed by atoms with Crippen LogP contribution in [0.15, 0.2) is 24.4 Å². The van der Waals surface area contributed by atoms with Crippen LogP contribution in [0, 0.1) is 5.92 Å². The van der Waals surface area contributed by atoms with Crippen molar-refractivity contribution in [2.45, 2.75) is 37.7 Å². The topological polar surface area (TPSA) is 56.7 Å². The molecule has 2 heterocycles. The van der Waals surface area contributed by atoms with Gasteiger partial charge in [-0.1, -0.05) is 18.9 Å². The molecule has 1 aliphatic carbocycles. The number of carbonyl (C=O) groups is 1. The lowest BCUT2D eigenvalue weighted by Crippen LogP contribution is -2.47. The van der Waals surface area contributed by atoms with E-state index < -0.39 is 5.60 Å². The molecular formula is C17H25N3O2. The smallest absolute Gasteiger partial charge is 0.225 e. The van der Waals surface area contributed by atoms with Crippen LogP contribution in [-0.4, -0.2) is 53.2 Å². The van der Waals surface area contributed by atoms with E-state index in [1.165, 1.54) is 0 Å². The summed E-state index contributed by atoms with van der Waals surface area (Å²) in [5.74, 6) is 1.26. The van der Waals surface area contributed by atoms with Gasteiger partial charge in [0.25, 0.3) is 0 Å². The second-order valence-electron chi connectivity index (χ2n) is 6.76. The predicted octanol–water partition coefficient (Wildman–Crippen LogP) is 1.67. The lowest BCUT2D eigenvalue weighted by Gasteiger charge is -2.30. The first-order chi connectivity index (χ1) is 10.6. The molecule has 0 bridgehead atoms. The number of carbonyl (C=O) groups excluding carboxylic acids is 1. The highest BCUT2D eigenvalue weighted by Crippen LogP contribution is 2.29. The first-order valence-electron chi connectivity index (χ1n) is 8.21. The van der Waals surface area contributed by atoms with E-state index in [0.717, 1.165) is 38.0 Å². The molecular weight excluding hydrogens is 278 g/mol. The molecule has 5 heteroatoms. The summed E-state index contributed by atoms with van der Waals surface area (Å²) in [5.41, 5.74) is -0.833. The SMILES string of the molecule is CN(C[C@]1(O)CCN(c2ccccn2)C1)C(=O)C1CCCC1. The summed E-state index contributed by atoms with van der Waals surface area (Å²) in [7, 11) is 1.82. The Hall–Kier alpha value is -1.62. The third-order valence-corrected chi connectivity index (χ3v) is 4.92. The standard InChI is InChI=1S/C17H25N3O2/c1-19(16(21)14-6-2-3-7-14)12-17(22)9-11-20(13-17)15-8-4-5-10-18-15/h4-5,8,10,14,22H,2-3,6-7,9,11-13H2,1H3/t17-/m1/s1. The molecule has 1 aromatic rings. The highest BCUT2D eigenvalue weighted by Gasteiger charge is 2.39. The first-order valence-corrected chi connectivity index (χ1v) is 8.21. The van der Waals surface area contributed by atoms with Gasteiger partial charge in [-0.3, -0.25) is 4.79 Å². The Balaban J connectivity index is 1.59. The fourth-order valence-corrected chi connectivity index (χ4v) is 3.73. The molecule has 120 valence electrons. The van der Waals surface area contributed by atoms with Gasteiger partial charge in [0.15, 0.2) is 0 Å². The molecule has 1 atom stereocenters. The second kappa shape index (κ2) is 6.24. The van der Waals surface area contributed by atoms with Gasteiger partial charge in [-0.15, -0.1) is 0 Å². The maximum atomic E-state index is 12.4. The van der Waals surface area contributed by atoms with Crippen LogP contribution in [0.3, 0.4) is 0 Å². The lowest BCUT2D eigenvalue weighted by atomic mass is 10.0. The minimum atomic E-state index is -0.833. The van der Waals surface area contributed by atoms with E-state index in [9.17, 15) is 9.90 Å². The van der Waals surface area contributed by atoms with Crippen molar-refractivity contribution in [1.82, 2.24) is 9.88 Å². The van der Waals surface area contributed by atoms with Crippen molar-refractivity contribution in [2.24, 2.45) is 5.92 Å². The maximum absolute atomic E-state index is 12.4. The number of β-amino-alcohol motifs (C(OH)–C–C–N with tert-alkyl or cyclic N) is 1. The summed E-state index contributed by atoms with van der Waals surface area (Å²) < 4.78 is 0. The van der Waals surface area contributed by atoms with Crippen molar-refractivity contribution in [3.63, 3.8) is 0 Å². The number of rotatable bonds is 4. The molecule has 0 unspecified atom stereocenters. The third-order valence-electron chi connectivity index (χ3n) is 4.92. The van der Waals surface area contributed by atoms with Crippen molar-refractivity contribution in [2.75, 3.05) is 31.6 Å². The minimum Gasteiger partial charge on any atom is -0.386 e. The van der Waals surface area contributed by atoms with Crippen molar-refractivity contribution >= 4 is 11.7 Å². The second-order valence-corrected chi connectivity index (χ2v) is 6.76. The molecule has 1 saturated heterocycles. The van der Waals surface area contributed by atoms with Gasteiger partial charge in [0.2, 0.25) is 5.91 Å². The van der Waals surface area contributed by atoms with Crippen LogP contribution in [0.25, 0.3) is 0 Å². The van der Waals surface area contributed by atoms with Gasteiger partial charge in [0.05, 0.1) is 6.54 Å². The fourth-order valence-electron chi connectivity index (χ4n) is 3.73. The van der Waals surface area contributed by atoms with E-state index in [2.05, 4.69) is 9.88 Å². The summed E-state index contributed by atoms with van der Waals surface area (Å²) >= 11 is 0. The molecule has 2 fully saturated rings. The van der Waals surface area contributed by atoms with Gasteiger partial charge in [-0.2, -0.15) is 0 Å². The zero-order chi connectivity index (χ0) is 15.6. The number of hydrogen-bond donors (Lipinski definition) is 1. The van der Waals surface area contributed by atoms with Gasteiger partial charge in [0, 0.05) is 32.3 Å². The van der Waals surface area contributed by atoms with E-state index in [-0.39, 0.29) is 11.8 Å². The monoisotopic (exact) mass is 303 g/mol. The molecule has 0 aromatic carbocycles. The van der Waals surface area contributed by atoms with E-state index in [0.29, 0.717) is 19.5 Å². The zero-order valence-electron chi connectivity index (χ0n) is 13.2. The van der Waals surface area contributed by atoms with Crippen molar-refractivity contribution in [1.29, 1.82) is 0 Å². The molecule has 0 spiro atoms. The van der Waals surface area contributed by atoms with E-state index >= 15 is 0 Å². The van der Waals surface area contributed by atoms with Crippen LogP contribution in [0.4, 0.5) is 5.82 Å². The van der Waals surface area contributed by atoms with Crippen LogP contribution in [0.2, 0.25) is 0 Å². The van der Waals surface area contributed by atoms with E-state index in [1.54, 1.807) is 11.1 Å². The van der Waals surface area contributed by atoms with Gasteiger partial charge < -0.3 is 14.9 Å². The normalized spacial score (nSPS) is 25.6. The largest absolute Gasteiger partial charge is 0.386 e. The highest BCUT2D eigenvalue weighted by molar-refractivity contribution is 5.78. The number of likely N-dealkylation sites (N-methyl/N-ethyl adjacent to an activating group) is 1. The number of aromatic nitrogens is 1. The number of anilines is 1. The van der Waals surface area contributed by atoms with Gasteiger partial charge >= 0.3 is 0 Å². The summed E-state index contributed by atoms with van der Waals surface area (Å²) in [4.78, 5) is 20.6. The molecule has 5 nitrogen and oxygen atoms in total. The first kappa shape index (κ1) is 15.3. The highest BCUT2D eigenvalue weighted by atomic mass is 16.3. The quantitative estimate of drug-likeness (QED) is 0.919.